The number of benzene rings is 6. The number of hydrogen-bond acceptors (Lipinski definition) is 3. The summed E-state index contributed by atoms with van der Waals surface area (Å²) in [6, 6.07) is 56.8. The quantitative estimate of drug-likeness (QED) is 0.176. The van der Waals surface area contributed by atoms with Gasteiger partial charge in [-0.1, -0.05) is 103 Å². The molecule has 0 saturated carbocycles. The predicted molar refractivity (Wildman–Crippen MR) is 198 cm³/mol. The first-order chi connectivity index (χ1) is 24.1. The van der Waals surface area contributed by atoms with E-state index in [-0.39, 0.29) is 0 Å². The normalized spacial score (nSPS) is 11.8. The van der Waals surface area contributed by atoms with Gasteiger partial charge in [0.05, 0.1) is 22.2 Å². The highest BCUT2D eigenvalue weighted by Gasteiger charge is 2.31. The molecule has 0 N–H and O–H groups in total. The number of rotatable bonds is 7. The van der Waals surface area contributed by atoms with E-state index in [1.807, 2.05) is 65.6 Å². The van der Waals surface area contributed by atoms with E-state index in [0.717, 1.165) is 61.3 Å². The Hall–Kier alpha value is -6.46. The van der Waals surface area contributed by atoms with Crippen LogP contribution in [0.5, 0.6) is 11.5 Å². The summed E-state index contributed by atoms with van der Waals surface area (Å²) in [7, 11) is 0. The van der Waals surface area contributed by atoms with Crippen LogP contribution in [0.1, 0.15) is 23.6 Å². The van der Waals surface area contributed by atoms with E-state index in [4.69, 9.17) is 14.8 Å². The number of pyridine rings is 1. The molecule has 9 aromatic rings. The molecule has 49 heavy (non-hydrogen) atoms. The summed E-state index contributed by atoms with van der Waals surface area (Å²) in [5.74, 6) is 2.33. The number of ether oxygens (including phenoxy) is 1. The minimum atomic E-state index is -0.390. The Bertz CT molecular complexity index is 2530. The molecule has 5 heteroatoms. The van der Waals surface area contributed by atoms with Gasteiger partial charge in [-0.15, -0.1) is 0 Å². The van der Waals surface area contributed by atoms with Gasteiger partial charge in [0.25, 0.3) is 0 Å². The minimum Gasteiger partial charge on any atom is -0.457 e. The lowest BCUT2D eigenvalue weighted by molar-refractivity contribution is 0.483. The van der Waals surface area contributed by atoms with Crippen molar-refractivity contribution in [3.63, 3.8) is 0 Å². The van der Waals surface area contributed by atoms with Crippen molar-refractivity contribution in [1.82, 2.24) is 19.3 Å². The number of para-hydroxylation sites is 1. The zero-order valence-electron chi connectivity index (χ0n) is 26.9. The molecule has 9 rings (SSSR count). The van der Waals surface area contributed by atoms with Gasteiger partial charge in [0.2, 0.25) is 0 Å². The highest BCUT2D eigenvalue weighted by molar-refractivity contribution is 6.09. The van der Waals surface area contributed by atoms with E-state index in [0.29, 0.717) is 0 Å². The fourth-order valence-corrected chi connectivity index (χ4v) is 7.08. The van der Waals surface area contributed by atoms with Gasteiger partial charge in [0, 0.05) is 46.1 Å². The van der Waals surface area contributed by atoms with Crippen LogP contribution in [-0.2, 0) is 5.41 Å². The van der Waals surface area contributed by atoms with Crippen LogP contribution in [0.3, 0.4) is 0 Å². The molecule has 0 aliphatic rings. The molecule has 0 amide bonds. The van der Waals surface area contributed by atoms with Crippen LogP contribution >= 0.6 is 0 Å². The second-order valence-corrected chi connectivity index (χ2v) is 12.5. The molecule has 0 aliphatic carbocycles. The Kier molecular flexibility index (Phi) is 6.83. The summed E-state index contributed by atoms with van der Waals surface area (Å²) < 4.78 is 10.7. The number of nitrogens with zero attached hydrogens (tertiary/aromatic N) is 4. The molecule has 3 heterocycles. The van der Waals surface area contributed by atoms with E-state index in [2.05, 4.69) is 127 Å². The third kappa shape index (κ3) is 4.95. The molecule has 0 fully saturated rings. The standard InChI is InChI=1S/C44H32N4O/c1-44(32-14-4-2-5-15-32,33-16-6-3-7-17-33)34-25-26-45-43(27-34)48-41-22-11-9-20-38(41)39-24-23-37(29-42(39)48)49-36-19-12-18-35(28-36)47-30-31-13-8-10-21-40(31)46-47/h2-30H,1H3. The molecule has 0 saturated heterocycles. The van der Waals surface area contributed by atoms with E-state index in [1.54, 1.807) is 0 Å². The van der Waals surface area contributed by atoms with Gasteiger partial charge in [-0.2, -0.15) is 5.10 Å². The van der Waals surface area contributed by atoms with Crippen molar-refractivity contribution >= 4 is 32.7 Å². The smallest absolute Gasteiger partial charge is 0.137 e. The summed E-state index contributed by atoms with van der Waals surface area (Å²) >= 11 is 0. The van der Waals surface area contributed by atoms with Crippen molar-refractivity contribution in [2.75, 3.05) is 0 Å². The van der Waals surface area contributed by atoms with Gasteiger partial charge in [-0.05, 0) is 72.1 Å². The van der Waals surface area contributed by atoms with E-state index < -0.39 is 5.41 Å². The molecular weight excluding hydrogens is 601 g/mol. The fraction of sp³-hybridized carbons (Fsp3) is 0.0455. The maximum Gasteiger partial charge on any atom is 0.137 e. The average molecular weight is 633 g/mol. The zero-order chi connectivity index (χ0) is 32.8. The minimum absolute atomic E-state index is 0.390. The SMILES string of the molecule is CC(c1ccccc1)(c1ccccc1)c1ccnc(-n2c3ccccc3c3ccc(Oc4cccc(-n5cc6ccccc6n5)c4)cc32)c1. The first-order valence-electron chi connectivity index (χ1n) is 16.5. The monoisotopic (exact) mass is 632 g/mol. The molecule has 0 unspecified atom stereocenters. The Morgan fingerprint density at radius 3 is 2.04 bits per heavy atom. The maximum absolute atomic E-state index is 6.53. The van der Waals surface area contributed by atoms with Crippen molar-refractivity contribution in [3.05, 3.63) is 193 Å². The summed E-state index contributed by atoms with van der Waals surface area (Å²) in [4.78, 5) is 4.97. The Labute approximate surface area is 284 Å². The van der Waals surface area contributed by atoms with Crippen molar-refractivity contribution in [2.24, 2.45) is 0 Å². The van der Waals surface area contributed by atoms with Crippen molar-refractivity contribution in [1.29, 1.82) is 0 Å². The zero-order valence-corrected chi connectivity index (χ0v) is 26.9. The molecule has 5 nitrogen and oxygen atoms in total. The van der Waals surface area contributed by atoms with Crippen LogP contribution in [-0.4, -0.2) is 19.3 Å². The second-order valence-electron chi connectivity index (χ2n) is 12.5. The van der Waals surface area contributed by atoms with Gasteiger partial charge in [-0.3, -0.25) is 4.57 Å². The van der Waals surface area contributed by atoms with Crippen molar-refractivity contribution in [2.45, 2.75) is 12.3 Å². The highest BCUT2D eigenvalue weighted by Crippen LogP contribution is 2.40. The first-order valence-corrected chi connectivity index (χ1v) is 16.5. The van der Waals surface area contributed by atoms with Gasteiger partial charge in [-0.25, -0.2) is 9.67 Å². The summed E-state index contributed by atoms with van der Waals surface area (Å²) in [6.07, 6.45) is 3.97. The second kappa shape index (κ2) is 11.7. The summed E-state index contributed by atoms with van der Waals surface area (Å²) in [5, 5.41) is 8.15. The van der Waals surface area contributed by atoms with Crippen LogP contribution in [0, 0.1) is 0 Å². The molecule has 3 aromatic heterocycles. The Balaban J connectivity index is 1.15. The van der Waals surface area contributed by atoms with Gasteiger partial charge < -0.3 is 4.74 Å². The lowest BCUT2D eigenvalue weighted by atomic mass is 9.71. The number of aromatic nitrogens is 4. The lowest BCUT2D eigenvalue weighted by Crippen LogP contribution is -2.25. The number of hydrogen-bond donors (Lipinski definition) is 0. The lowest BCUT2D eigenvalue weighted by Gasteiger charge is -2.32. The molecule has 0 bridgehead atoms. The fourth-order valence-electron chi connectivity index (χ4n) is 7.08. The van der Waals surface area contributed by atoms with Crippen LogP contribution in [0.25, 0.3) is 44.2 Å². The number of fused-ring (bicyclic) bond motifs is 4. The largest absolute Gasteiger partial charge is 0.457 e. The van der Waals surface area contributed by atoms with E-state index in [1.165, 1.54) is 11.1 Å². The predicted octanol–water partition coefficient (Wildman–Crippen LogP) is 10.7. The van der Waals surface area contributed by atoms with Gasteiger partial charge in [0.1, 0.15) is 17.3 Å². The Morgan fingerprint density at radius 1 is 0.551 bits per heavy atom. The average Bonchev–Trinajstić information content (AvgIpc) is 3.75. The van der Waals surface area contributed by atoms with Crippen molar-refractivity contribution < 1.29 is 4.74 Å². The summed E-state index contributed by atoms with van der Waals surface area (Å²) in [6.45, 7) is 2.30. The van der Waals surface area contributed by atoms with E-state index in [9.17, 15) is 0 Å². The molecule has 0 atom stereocenters. The Morgan fingerprint density at radius 2 is 1.24 bits per heavy atom. The third-order valence-electron chi connectivity index (χ3n) is 9.63. The van der Waals surface area contributed by atoms with Crippen LogP contribution in [0.2, 0.25) is 0 Å². The topological polar surface area (TPSA) is 44.9 Å². The first kappa shape index (κ1) is 28.7. The summed E-state index contributed by atoms with van der Waals surface area (Å²) in [5.41, 5.74) is 7.23. The maximum atomic E-state index is 6.53. The van der Waals surface area contributed by atoms with Crippen molar-refractivity contribution in [3.8, 4) is 23.0 Å². The molecule has 234 valence electrons. The van der Waals surface area contributed by atoms with Gasteiger partial charge in [0.15, 0.2) is 0 Å². The van der Waals surface area contributed by atoms with Gasteiger partial charge >= 0.3 is 0 Å². The molecule has 0 radical (unpaired) electrons. The van der Waals surface area contributed by atoms with Crippen LogP contribution in [0.4, 0.5) is 0 Å². The highest BCUT2D eigenvalue weighted by atomic mass is 16.5. The van der Waals surface area contributed by atoms with Crippen LogP contribution < -0.4 is 4.74 Å². The molecular formula is C44H32N4O. The van der Waals surface area contributed by atoms with Crippen LogP contribution in [0.15, 0.2) is 176 Å². The molecule has 0 aliphatic heterocycles. The molecule has 6 aromatic carbocycles. The third-order valence-corrected chi connectivity index (χ3v) is 9.63. The molecule has 0 spiro atoms. The van der Waals surface area contributed by atoms with E-state index >= 15 is 0 Å².